The van der Waals surface area contributed by atoms with Crippen molar-refractivity contribution in [3.05, 3.63) is 89.2 Å². The molecule has 0 radical (unpaired) electrons. The number of alkyl carbamates (subject to hydrolysis) is 1. The first-order valence-corrected chi connectivity index (χ1v) is 12.5. The maximum atomic E-state index is 12.7. The fourth-order valence-corrected chi connectivity index (χ4v) is 5.99. The zero-order valence-corrected chi connectivity index (χ0v) is 21.5. The molecular weight excluding hydrogens is 502 g/mol. The number of nitrogens with zero attached hydrogens (tertiary/aromatic N) is 2. The number of aliphatic hydroxyl groups excluding tert-OH is 1. The normalized spacial score (nSPS) is 26.6. The minimum Gasteiger partial charge on any atom is -0.495 e. The molecule has 1 aromatic heterocycles. The van der Waals surface area contributed by atoms with Crippen molar-refractivity contribution in [1.82, 2.24) is 10.3 Å². The van der Waals surface area contributed by atoms with Gasteiger partial charge >= 0.3 is 6.09 Å². The summed E-state index contributed by atoms with van der Waals surface area (Å²) < 4.78 is 22.7. The standard InChI is InChI=1S/C29H29N3O7/c1-36-13-12-32-27(34)38-17-21-24(19-6-4-3-5-7-19)29(20-10-8-18(14-30)9-11-20)28(35,26(21)33)25-22(37-2)15-31-16-23(25)39-29/h3-11,15-16,21,24,26,33,35H,12-13,17H2,1-2H3,(H,32,34)/t21-,24-,26-,28+,29+/m1/s1. The van der Waals surface area contributed by atoms with Gasteiger partial charge in [0.1, 0.15) is 11.5 Å². The van der Waals surface area contributed by atoms with Crippen LogP contribution < -0.4 is 14.8 Å². The Morgan fingerprint density at radius 3 is 2.56 bits per heavy atom. The lowest BCUT2D eigenvalue weighted by molar-refractivity contribution is -0.152. The number of pyridine rings is 1. The molecule has 2 heterocycles. The van der Waals surface area contributed by atoms with E-state index in [4.69, 9.17) is 18.9 Å². The first kappa shape index (κ1) is 26.4. The number of carbonyl (C=O) groups excluding carboxylic acids is 1. The number of carbonyl (C=O) groups is 1. The van der Waals surface area contributed by atoms with E-state index in [1.54, 1.807) is 24.3 Å². The van der Waals surface area contributed by atoms with Gasteiger partial charge in [-0.1, -0.05) is 42.5 Å². The van der Waals surface area contributed by atoms with Gasteiger partial charge in [0.25, 0.3) is 0 Å². The highest BCUT2D eigenvalue weighted by molar-refractivity contribution is 5.67. The number of nitriles is 1. The third-order valence-electron chi connectivity index (χ3n) is 7.60. The van der Waals surface area contributed by atoms with Crippen LogP contribution in [0.3, 0.4) is 0 Å². The second-order valence-corrected chi connectivity index (χ2v) is 9.52. The minimum absolute atomic E-state index is 0.216. The van der Waals surface area contributed by atoms with Crippen molar-refractivity contribution in [2.75, 3.05) is 34.0 Å². The van der Waals surface area contributed by atoms with Crippen LogP contribution in [0.15, 0.2) is 67.0 Å². The van der Waals surface area contributed by atoms with E-state index in [2.05, 4.69) is 16.4 Å². The minimum atomic E-state index is -2.04. The summed E-state index contributed by atoms with van der Waals surface area (Å²) in [6.45, 7) is 0.351. The SMILES string of the molecule is COCCNC(=O)OC[C@H]1[C@@H](O)[C@@]2(O)c3c(OC)cncc3O[C@@]2(c2ccc(C#N)cc2)[C@@H]1c1ccccc1. The molecule has 0 spiro atoms. The molecule has 3 aromatic rings. The molecule has 3 N–H and O–H groups in total. The molecule has 2 aliphatic rings. The van der Waals surface area contributed by atoms with Crippen LogP contribution in [-0.2, 0) is 20.7 Å². The summed E-state index contributed by atoms with van der Waals surface area (Å²) in [5, 5.41) is 36.7. The zero-order chi connectivity index (χ0) is 27.6. The maximum Gasteiger partial charge on any atom is 0.407 e. The molecule has 0 saturated heterocycles. The van der Waals surface area contributed by atoms with Gasteiger partial charge < -0.3 is 34.5 Å². The Hall–Kier alpha value is -4.17. The number of benzene rings is 2. The molecule has 1 amide bonds. The van der Waals surface area contributed by atoms with E-state index in [9.17, 15) is 20.3 Å². The van der Waals surface area contributed by atoms with E-state index in [0.717, 1.165) is 5.56 Å². The van der Waals surface area contributed by atoms with Crippen LogP contribution in [0.4, 0.5) is 4.79 Å². The molecule has 202 valence electrons. The monoisotopic (exact) mass is 531 g/mol. The average Bonchev–Trinajstić information content (AvgIpc) is 3.35. The Morgan fingerprint density at radius 2 is 1.90 bits per heavy atom. The number of methoxy groups -OCH3 is 2. The zero-order valence-electron chi connectivity index (χ0n) is 21.5. The topological polar surface area (TPSA) is 143 Å². The first-order valence-electron chi connectivity index (χ1n) is 12.5. The summed E-state index contributed by atoms with van der Waals surface area (Å²) in [5.74, 6) is -0.990. The molecule has 1 aliphatic carbocycles. The number of hydrogen-bond donors (Lipinski definition) is 3. The number of ether oxygens (including phenoxy) is 4. The van der Waals surface area contributed by atoms with Crippen molar-refractivity contribution < 1.29 is 34.0 Å². The van der Waals surface area contributed by atoms with Crippen molar-refractivity contribution in [2.24, 2.45) is 5.92 Å². The lowest BCUT2D eigenvalue weighted by Gasteiger charge is -2.41. The molecule has 1 saturated carbocycles. The number of nitrogens with one attached hydrogen (secondary N) is 1. The summed E-state index contributed by atoms with van der Waals surface area (Å²) in [6.07, 6.45) is 0.795. The van der Waals surface area contributed by atoms with Crippen molar-refractivity contribution in [3.8, 4) is 17.6 Å². The van der Waals surface area contributed by atoms with Crippen LogP contribution in [-0.4, -0.2) is 61.4 Å². The number of amides is 1. The Morgan fingerprint density at radius 1 is 1.15 bits per heavy atom. The highest BCUT2D eigenvalue weighted by atomic mass is 16.6. The largest absolute Gasteiger partial charge is 0.495 e. The maximum absolute atomic E-state index is 12.7. The van der Waals surface area contributed by atoms with Gasteiger partial charge in [0, 0.05) is 25.5 Å². The molecule has 5 atom stereocenters. The van der Waals surface area contributed by atoms with E-state index in [0.29, 0.717) is 17.7 Å². The molecule has 10 heteroatoms. The van der Waals surface area contributed by atoms with Crippen molar-refractivity contribution in [3.63, 3.8) is 0 Å². The van der Waals surface area contributed by atoms with Crippen LogP contribution in [0.5, 0.6) is 11.5 Å². The second kappa shape index (κ2) is 10.5. The Balaban J connectivity index is 1.69. The van der Waals surface area contributed by atoms with Crippen LogP contribution in [0.1, 0.15) is 28.2 Å². The van der Waals surface area contributed by atoms with E-state index in [-0.39, 0.29) is 30.2 Å². The number of aliphatic hydroxyl groups is 2. The summed E-state index contributed by atoms with van der Waals surface area (Å²) in [4.78, 5) is 16.6. The number of rotatable bonds is 8. The summed E-state index contributed by atoms with van der Waals surface area (Å²) >= 11 is 0. The average molecular weight is 532 g/mol. The van der Waals surface area contributed by atoms with Crippen LogP contribution in [0.25, 0.3) is 0 Å². The van der Waals surface area contributed by atoms with Crippen molar-refractivity contribution >= 4 is 6.09 Å². The number of fused-ring (bicyclic) bond motifs is 3. The van der Waals surface area contributed by atoms with Gasteiger partial charge in [-0.2, -0.15) is 5.26 Å². The van der Waals surface area contributed by atoms with Gasteiger partial charge in [-0.15, -0.1) is 0 Å². The third kappa shape index (κ3) is 4.06. The highest BCUT2D eigenvalue weighted by Gasteiger charge is 2.77. The summed E-state index contributed by atoms with van der Waals surface area (Å²) in [5.41, 5.74) is -1.65. The van der Waals surface area contributed by atoms with Gasteiger partial charge in [-0.25, -0.2) is 4.79 Å². The molecule has 1 fully saturated rings. The van der Waals surface area contributed by atoms with Crippen LogP contribution >= 0.6 is 0 Å². The Kier molecular flexibility index (Phi) is 7.14. The summed E-state index contributed by atoms with van der Waals surface area (Å²) in [7, 11) is 2.97. The van der Waals surface area contributed by atoms with Gasteiger partial charge in [0.2, 0.25) is 0 Å². The Labute approximate surface area is 225 Å². The van der Waals surface area contributed by atoms with E-state index >= 15 is 0 Å². The van der Waals surface area contributed by atoms with Crippen LogP contribution in [0.2, 0.25) is 0 Å². The number of aromatic nitrogens is 1. The van der Waals surface area contributed by atoms with Gasteiger partial charge in [0.15, 0.2) is 11.2 Å². The van der Waals surface area contributed by atoms with E-state index in [1.165, 1.54) is 26.6 Å². The van der Waals surface area contributed by atoms with Gasteiger partial charge in [0.05, 0.1) is 56.0 Å². The van der Waals surface area contributed by atoms with E-state index < -0.39 is 35.2 Å². The van der Waals surface area contributed by atoms with E-state index in [1.807, 2.05) is 30.3 Å². The lowest BCUT2D eigenvalue weighted by Crippen LogP contribution is -2.52. The molecule has 2 aromatic carbocycles. The van der Waals surface area contributed by atoms with Gasteiger partial charge in [-0.05, 0) is 23.3 Å². The van der Waals surface area contributed by atoms with Crippen LogP contribution in [0, 0.1) is 17.2 Å². The first-order chi connectivity index (χ1) is 18.9. The Bertz CT molecular complexity index is 1380. The quantitative estimate of drug-likeness (QED) is 0.374. The molecule has 10 nitrogen and oxygen atoms in total. The number of hydrogen-bond acceptors (Lipinski definition) is 9. The fraction of sp³-hybridized carbons (Fsp3) is 0.345. The smallest absolute Gasteiger partial charge is 0.407 e. The predicted molar refractivity (Wildman–Crippen MR) is 138 cm³/mol. The fourth-order valence-electron chi connectivity index (χ4n) is 5.99. The second-order valence-electron chi connectivity index (χ2n) is 9.52. The third-order valence-corrected chi connectivity index (χ3v) is 7.60. The van der Waals surface area contributed by atoms with Crippen molar-refractivity contribution in [2.45, 2.75) is 23.2 Å². The highest BCUT2D eigenvalue weighted by Crippen LogP contribution is 2.69. The molecule has 39 heavy (non-hydrogen) atoms. The molecule has 0 bridgehead atoms. The van der Waals surface area contributed by atoms with Crippen molar-refractivity contribution in [1.29, 1.82) is 5.26 Å². The molecule has 0 unspecified atom stereocenters. The molecule has 5 rings (SSSR count). The molecule has 1 aliphatic heterocycles. The molecular formula is C29H29N3O7. The van der Waals surface area contributed by atoms with Gasteiger partial charge in [-0.3, -0.25) is 4.98 Å². The lowest BCUT2D eigenvalue weighted by atomic mass is 9.70. The predicted octanol–water partition coefficient (Wildman–Crippen LogP) is 2.58. The summed E-state index contributed by atoms with van der Waals surface area (Å²) in [6, 6.07) is 18.1.